The molecule has 1 aromatic rings. The molecule has 0 saturated carbocycles. The first-order valence-electron chi connectivity index (χ1n) is 3.83. The van der Waals surface area contributed by atoms with Gasteiger partial charge in [0.25, 0.3) is 0 Å². The number of nitrogens with one attached hydrogen (secondary N) is 1. The van der Waals surface area contributed by atoms with Crippen LogP contribution >= 0.6 is 0 Å². The van der Waals surface area contributed by atoms with E-state index in [1.54, 1.807) is 18.6 Å². The number of nitrogens with zero attached hydrogens (tertiary/aromatic N) is 2. The highest BCUT2D eigenvalue weighted by Crippen LogP contribution is 1.85. The van der Waals surface area contributed by atoms with E-state index in [4.69, 9.17) is 0 Å². The van der Waals surface area contributed by atoms with Gasteiger partial charge in [-0.1, -0.05) is 5.92 Å². The second-order valence-corrected chi connectivity index (χ2v) is 2.25. The van der Waals surface area contributed by atoms with Gasteiger partial charge in [-0.15, -0.1) is 0 Å². The van der Waals surface area contributed by atoms with Gasteiger partial charge in [-0.05, 0) is 13.0 Å². The van der Waals surface area contributed by atoms with Crippen molar-refractivity contribution in [1.29, 1.82) is 0 Å². The third kappa shape index (κ3) is 3.13. The van der Waals surface area contributed by atoms with Gasteiger partial charge in [0.05, 0.1) is 6.20 Å². The van der Waals surface area contributed by atoms with E-state index in [9.17, 15) is 0 Å². The average molecular weight is 161 g/mol. The summed E-state index contributed by atoms with van der Waals surface area (Å²) in [5.74, 6) is 5.90. The van der Waals surface area contributed by atoms with E-state index in [0.717, 1.165) is 18.7 Å². The molecule has 0 unspecified atom stereocenters. The van der Waals surface area contributed by atoms with E-state index in [2.05, 4.69) is 27.1 Å². The smallest absolute Gasteiger partial charge is 0.131 e. The van der Waals surface area contributed by atoms with Gasteiger partial charge >= 0.3 is 0 Å². The van der Waals surface area contributed by atoms with E-state index < -0.39 is 0 Å². The molecule has 1 rings (SSSR count). The second-order valence-electron chi connectivity index (χ2n) is 2.25. The maximum Gasteiger partial charge on any atom is 0.131 e. The van der Waals surface area contributed by atoms with Crippen LogP contribution in [0.2, 0.25) is 0 Å². The Morgan fingerprint density at radius 2 is 2.42 bits per heavy atom. The molecule has 1 N–H and O–H groups in total. The van der Waals surface area contributed by atoms with Crippen LogP contribution in [0.15, 0.2) is 18.6 Å². The maximum absolute atomic E-state index is 4.02. The lowest BCUT2D eigenvalue weighted by Gasteiger charge is -1.88. The number of aromatic nitrogens is 2. The minimum Gasteiger partial charge on any atom is -0.319 e. The Bertz CT molecular complexity index is 271. The number of rotatable bonds is 2. The lowest BCUT2D eigenvalue weighted by molar-refractivity contribution is 0.818. The van der Waals surface area contributed by atoms with Crippen molar-refractivity contribution in [3.63, 3.8) is 0 Å². The lowest BCUT2D eigenvalue weighted by Crippen LogP contribution is -2.05. The molecule has 0 aromatic carbocycles. The van der Waals surface area contributed by atoms with Gasteiger partial charge in [-0.2, -0.15) is 0 Å². The molecule has 0 bridgehead atoms. The highest BCUT2D eigenvalue weighted by molar-refractivity contribution is 5.23. The van der Waals surface area contributed by atoms with Gasteiger partial charge in [0.1, 0.15) is 5.69 Å². The lowest BCUT2D eigenvalue weighted by atomic mass is 10.4. The molecule has 3 heteroatoms. The highest BCUT2D eigenvalue weighted by Gasteiger charge is 1.82. The summed E-state index contributed by atoms with van der Waals surface area (Å²) in [5, 5.41) is 3.02. The van der Waals surface area contributed by atoms with Gasteiger partial charge in [0.15, 0.2) is 0 Å². The van der Waals surface area contributed by atoms with Crippen LogP contribution < -0.4 is 5.32 Å². The minimum absolute atomic E-state index is 0.730. The van der Waals surface area contributed by atoms with Gasteiger partial charge in [0.2, 0.25) is 0 Å². The van der Waals surface area contributed by atoms with Crippen molar-refractivity contribution < 1.29 is 0 Å². The molecule has 0 spiro atoms. The van der Waals surface area contributed by atoms with Gasteiger partial charge < -0.3 is 5.32 Å². The molecule has 0 saturated heterocycles. The zero-order valence-corrected chi connectivity index (χ0v) is 7.04. The topological polar surface area (TPSA) is 37.8 Å². The summed E-state index contributed by atoms with van der Waals surface area (Å²) in [6, 6.07) is 0. The Balaban J connectivity index is 2.44. The summed E-state index contributed by atoms with van der Waals surface area (Å²) in [4.78, 5) is 7.92. The first kappa shape index (κ1) is 8.69. The van der Waals surface area contributed by atoms with Crippen LogP contribution in [-0.2, 0) is 0 Å². The van der Waals surface area contributed by atoms with Crippen LogP contribution in [0, 0.1) is 11.8 Å². The van der Waals surface area contributed by atoms with Crippen LogP contribution in [0.3, 0.4) is 0 Å². The minimum atomic E-state index is 0.730. The van der Waals surface area contributed by atoms with Crippen molar-refractivity contribution in [2.24, 2.45) is 0 Å². The van der Waals surface area contributed by atoms with Gasteiger partial charge in [0, 0.05) is 25.4 Å². The van der Waals surface area contributed by atoms with Crippen LogP contribution in [-0.4, -0.2) is 23.6 Å². The Morgan fingerprint density at radius 3 is 3.08 bits per heavy atom. The summed E-state index contributed by atoms with van der Waals surface area (Å²) >= 11 is 0. The third-order valence-corrected chi connectivity index (χ3v) is 1.28. The van der Waals surface area contributed by atoms with E-state index in [-0.39, 0.29) is 0 Å². The van der Waals surface area contributed by atoms with Crippen molar-refractivity contribution in [3.05, 3.63) is 24.3 Å². The molecular formula is C9H11N3. The molecule has 12 heavy (non-hydrogen) atoms. The second kappa shape index (κ2) is 5.28. The first-order valence-corrected chi connectivity index (χ1v) is 3.83. The van der Waals surface area contributed by atoms with Crippen molar-refractivity contribution in [2.45, 2.75) is 6.42 Å². The van der Waals surface area contributed by atoms with Crippen molar-refractivity contribution in [2.75, 3.05) is 13.6 Å². The monoisotopic (exact) mass is 161 g/mol. The summed E-state index contributed by atoms with van der Waals surface area (Å²) < 4.78 is 0. The molecule has 1 aromatic heterocycles. The van der Waals surface area contributed by atoms with Gasteiger partial charge in [-0.25, -0.2) is 4.98 Å². The Hall–Kier alpha value is -1.40. The zero-order chi connectivity index (χ0) is 8.65. The molecule has 0 fully saturated rings. The highest BCUT2D eigenvalue weighted by atomic mass is 14.8. The molecule has 1 heterocycles. The number of hydrogen-bond acceptors (Lipinski definition) is 3. The fraction of sp³-hybridized carbons (Fsp3) is 0.333. The molecular weight excluding hydrogens is 150 g/mol. The van der Waals surface area contributed by atoms with E-state index in [1.165, 1.54) is 0 Å². The Kier molecular flexibility index (Phi) is 3.82. The van der Waals surface area contributed by atoms with Crippen molar-refractivity contribution >= 4 is 0 Å². The quantitative estimate of drug-likeness (QED) is 0.505. The van der Waals surface area contributed by atoms with Crippen LogP contribution in [0.4, 0.5) is 0 Å². The molecule has 0 atom stereocenters. The standard InChI is InChI=1S/C9H11N3/c1-10-5-3-2-4-9-8-11-6-7-12-9/h6-8,10H,3,5H2,1H3. The van der Waals surface area contributed by atoms with Crippen molar-refractivity contribution in [1.82, 2.24) is 15.3 Å². The summed E-state index contributed by atoms with van der Waals surface area (Å²) in [6.07, 6.45) is 5.78. The fourth-order valence-electron chi connectivity index (χ4n) is 0.704. The summed E-state index contributed by atoms with van der Waals surface area (Å²) in [5.41, 5.74) is 0.730. The van der Waals surface area contributed by atoms with Crippen LogP contribution in [0.25, 0.3) is 0 Å². The predicted octanol–water partition coefficient (Wildman–Crippen LogP) is 0.438. The summed E-state index contributed by atoms with van der Waals surface area (Å²) in [6.45, 7) is 0.910. The molecule has 0 amide bonds. The van der Waals surface area contributed by atoms with Crippen molar-refractivity contribution in [3.8, 4) is 11.8 Å². The molecule has 0 aliphatic carbocycles. The zero-order valence-electron chi connectivity index (χ0n) is 7.04. The third-order valence-electron chi connectivity index (χ3n) is 1.28. The van der Waals surface area contributed by atoms with Crippen LogP contribution in [0.1, 0.15) is 12.1 Å². The molecule has 0 radical (unpaired) electrons. The molecule has 0 aliphatic heterocycles. The maximum atomic E-state index is 4.02. The van der Waals surface area contributed by atoms with E-state index >= 15 is 0 Å². The molecule has 0 aliphatic rings. The van der Waals surface area contributed by atoms with Gasteiger partial charge in [-0.3, -0.25) is 4.98 Å². The molecule has 62 valence electrons. The predicted molar refractivity (Wildman–Crippen MR) is 47.5 cm³/mol. The Labute approximate surface area is 72.2 Å². The Morgan fingerprint density at radius 1 is 1.50 bits per heavy atom. The SMILES string of the molecule is CNCCC#Cc1cnccn1. The average Bonchev–Trinajstić information content (AvgIpc) is 2.14. The summed E-state index contributed by atoms with van der Waals surface area (Å²) in [7, 11) is 1.91. The first-order chi connectivity index (χ1) is 5.93. The number of hydrogen-bond donors (Lipinski definition) is 1. The normalized spacial score (nSPS) is 8.75. The fourth-order valence-corrected chi connectivity index (χ4v) is 0.704. The van der Waals surface area contributed by atoms with E-state index in [0.29, 0.717) is 0 Å². The van der Waals surface area contributed by atoms with Crippen LogP contribution in [0.5, 0.6) is 0 Å². The largest absolute Gasteiger partial charge is 0.319 e. The van der Waals surface area contributed by atoms with E-state index in [1.807, 2.05) is 7.05 Å². The molecule has 3 nitrogen and oxygen atoms in total.